The third kappa shape index (κ3) is 1.79. The van der Waals surface area contributed by atoms with Gasteiger partial charge in [0.1, 0.15) is 5.41 Å². The molecule has 1 aliphatic carbocycles. The Kier molecular flexibility index (Phi) is 2.87. The maximum atomic E-state index is 12.2. The lowest BCUT2D eigenvalue weighted by Crippen LogP contribution is -2.54. The molecule has 1 amide bonds. The van der Waals surface area contributed by atoms with Gasteiger partial charge in [0.2, 0.25) is 5.91 Å². The molecular formula is C11H16N2O3. The summed E-state index contributed by atoms with van der Waals surface area (Å²) in [6.07, 6.45) is 1.02. The lowest BCUT2D eigenvalue weighted by molar-refractivity contribution is -0.149. The van der Waals surface area contributed by atoms with Crippen LogP contribution in [-0.2, 0) is 9.53 Å². The zero-order valence-electron chi connectivity index (χ0n) is 9.35. The van der Waals surface area contributed by atoms with Crippen LogP contribution in [-0.4, -0.2) is 47.8 Å². The van der Waals surface area contributed by atoms with Crippen molar-refractivity contribution in [2.45, 2.75) is 31.9 Å². The minimum atomic E-state index is -0.772. The van der Waals surface area contributed by atoms with Crippen molar-refractivity contribution in [3.8, 4) is 6.07 Å². The van der Waals surface area contributed by atoms with Crippen molar-refractivity contribution in [1.82, 2.24) is 4.90 Å². The second-order valence-corrected chi connectivity index (χ2v) is 4.64. The average molecular weight is 224 g/mol. The Morgan fingerprint density at radius 3 is 2.88 bits per heavy atom. The van der Waals surface area contributed by atoms with E-state index in [0.29, 0.717) is 26.0 Å². The van der Waals surface area contributed by atoms with E-state index in [2.05, 4.69) is 6.07 Å². The standard InChI is InChI=1S/C11H16N2O3/c1-8-6-16-9(5-14)4-13(8)10(15)11(7-12)2-3-11/h8-9,14H,2-6H2,1H3. The minimum absolute atomic E-state index is 0.0128. The molecule has 0 bridgehead atoms. The molecule has 0 aromatic rings. The van der Waals surface area contributed by atoms with E-state index in [1.165, 1.54) is 0 Å². The molecule has 2 unspecified atom stereocenters. The first-order valence-electron chi connectivity index (χ1n) is 5.58. The van der Waals surface area contributed by atoms with Crippen molar-refractivity contribution >= 4 is 5.91 Å². The Balaban J connectivity index is 2.07. The third-order valence-electron chi connectivity index (χ3n) is 3.34. The van der Waals surface area contributed by atoms with Crippen molar-refractivity contribution < 1.29 is 14.6 Å². The van der Waals surface area contributed by atoms with Crippen LogP contribution in [0.2, 0.25) is 0 Å². The van der Waals surface area contributed by atoms with Gasteiger partial charge in [-0.1, -0.05) is 0 Å². The summed E-state index contributed by atoms with van der Waals surface area (Å²) in [5, 5.41) is 18.0. The van der Waals surface area contributed by atoms with Crippen LogP contribution in [0.4, 0.5) is 0 Å². The van der Waals surface area contributed by atoms with Crippen LogP contribution in [0, 0.1) is 16.7 Å². The van der Waals surface area contributed by atoms with Gasteiger partial charge >= 0.3 is 0 Å². The molecule has 2 aliphatic rings. The summed E-state index contributed by atoms with van der Waals surface area (Å²) in [7, 11) is 0. The maximum Gasteiger partial charge on any atom is 0.243 e. The van der Waals surface area contributed by atoms with Gasteiger partial charge in [0.05, 0.1) is 31.4 Å². The molecule has 1 aliphatic heterocycles. The van der Waals surface area contributed by atoms with Gasteiger partial charge in [-0.05, 0) is 19.8 Å². The number of nitriles is 1. The number of aliphatic hydroxyl groups excluding tert-OH is 1. The van der Waals surface area contributed by atoms with Crippen molar-refractivity contribution in [2.75, 3.05) is 19.8 Å². The number of ether oxygens (including phenoxy) is 1. The highest BCUT2D eigenvalue weighted by atomic mass is 16.5. The van der Waals surface area contributed by atoms with E-state index in [4.69, 9.17) is 15.1 Å². The van der Waals surface area contributed by atoms with E-state index in [9.17, 15) is 4.79 Å². The predicted molar refractivity (Wildman–Crippen MR) is 55.3 cm³/mol. The molecule has 1 saturated carbocycles. The summed E-state index contributed by atoms with van der Waals surface area (Å²) in [5.74, 6) is -0.0933. The van der Waals surface area contributed by atoms with Gasteiger partial charge in [-0.25, -0.2) is 0 Å². The predicted octanol–water partition coefficient (Wildman–Crippen LogP) is -0.102. The molecule has 16 heavy (non-hydrogen) atoms. The molecule has 0 aromatic heterocycles. The number of hydrogen-bond acceptors (Lipinski definition) is 4. The van der Waals surface area contributed by atoms with Gasteiger partial charge in [0.15, 0.2) is 0 Å². The number of carbonyl (C=O) groups excluding carboxylic acids is 1. The first kappa shape index (κ1) is 11.4. The fraction of sp³-hybridized carbons (Fsp3) is 0.818. The van der Waals surface area contributed by atoms with Crippen LogP contribution in [0.15, 0.2) is 0 Å². The molecule has 0 spiro atoms. The summed E-state index contributed by atoms with van der Waals surface area (Å²) >= 11 is 0. The van der Waals surface area contributed by atoms with E-state index < -0.39 is 5.41 Å². The highest BCUT2D eigenvalue weighted by Crippen LogP contribution is 2.47. The van der Waals surface area contributed by atoms with E-state index in [0.717, 1.165) is 0 Å². The topological polar surface area (TPSA) is 73.6 Å². The summed E-state index contributed by atoms with van der Waals surface area (Å²) < 4.78 is 5.36. The number of aliphatic hydroxyl groups is 1. The zero-order chi connectivity index (χ0) is 11.8. The smallest absolute Gasteiger partial charge is 0.243 e. The van der Waals surface area contributed by atoms with Gasteiger partial charge in [-0.3, -0.25) is 4.79 Å². The van der Waals surface area contributed by atoms with Crippen LogP contribution >= 0.6 is 0 Å². The minimum Gasteiger partial charge on any atom is -0.394 e. The van der Waals surface area contributed by atoms with Crippen molar-refractivity contribution in [2.24, 2.45) is 5.41 Å². The molecular weight excluding hydrogens is 208 g/mol. The van der Waals surface area contributed by atoms with E-state index >= 15 is 0 Å². The second-order valence-electron chi connectivity index (χ2n) is 4.64. The Labute approximate surface area is 94.6 Å². The lowest BCUT2D eigenvalue weighted by atomic mass is 10.0. The maximum absolute atomic E-state index is 12.2. The molecule has 0 radical (unpaired) electrons. The SMILES string of the molecule is CC1COC(CO)CN1C(=O)C1(C#N)CC1. The number of amides is 1. The summed E-state index contributed by atoms with van der Waals surface area (Å²) in [6.45, 7) is 2.63. The van der Waals surface area contributed by atoms with Crippen molar-refractivity contribution in [3.05, 3.63) is 0 Å². The van der Waals surface area contributed by atoms with E-state index in [1.54, 1.807) is 4.90 Å². The second kappa shape index (κ2) is 4.04. The van der Waals surface area contributed by atoms with Crippen LogP contribution in [0.25, 0.3) is 0 Å². The van der Waals surface area contributed by atoms with Crippen LogP contribution in [0.1, 0.15) is 19.8 Å². The Bertz CT molecular complexity index is 333. The highest BCUT2D eigenvalue weighted by molar-refractivity contribution is 5.88. The fourth-order valence-electron chi connectivity index (χ4n) is 1.98. The largest absolute Gasteiger partial charge is 0.394 e. The summed E-state index contributed by atoms with van der Waals surface area (Å²) in [6, 6.07) is 2.10. The van der Waals surface area contributed by atoms with E-state index in [-0.39, 0.29) is 24.7 Å². The normalized spacial score (nSPS) is 31.9. The molecule has 88 valence electrons. The summed E-state index contributed by atoms with van der Waals surface area (Å²) in [5.41, 5.74) is -0.772. The van der Waals surface area contributed by atoms with Gasteiger partial charge < -0.3 is 14.7 Å². The number of rotatable bonds is 2. The Morgan fingerprint density at radius 2 is 2.38 bits per heavy atom. The third-order valence-corrected chi connectivity index (χ3v) is 3.34. The van der Waals surface area contributed by atoms with Crippen molar-refractivity contribution in [3.63, 3.8) is 0 Å². The monoisotopic (exact) mass is 224 g/mol. The number of hydrogen-bond donors (Lipinski definition) is 1. The van der Waals surface area contributed by atoms with Crippen molar-refractivity contribution in [1.29, 1.82) is 5.26 Å². The van der Waals surface area contributed by atoms with Gasteiger partial charge in [0, 0.05) is 6.54 Å². The van der Waals surface area contributed by atoms with Gasteiger partial charge in [-0.15, -0.1) is 0 Å². The molecule has 5 heteroatoms. The van der Waals surface area contributed by atoms with Crippen LogP contribution < -0.4 is 0 Å². The van der Waals surface area contributed by atoms with Crippen LogP contribution in [0.3, 0.4) is 0 Å². The number of carbonyl (C=O) groups is 1. The molecule has 0 aromatic carbocycles. The first-order valence-corrected chi connectivity index (χ1v) is 5.58. The number of nitrogens with zero attached hydrogens (tertiary/aromatic N) is 2. The Hall–Kier alpha value is -1.12. The Morgan fingerprint density at radius 1 is 1.69 bits per heavy atom. The zero-order valence-corrected chi connectivity index (χ0v) is 9.35. The molecule has 1 saturated heterocycles. The fourth-order valence-corrected chi connectivity index (χ4v) is 1.98. The molecule has 5 nitrogen and oxygen atoms in total. The molecule has 1 heterocycles. The molecule has 2 atom stereocenters. The lowest BCUT2D eigenvalue weighted by Gasteiger charge is -2.38. The van der Waals surface area contributed by atoms with E-state index in [1.807, 2.05) is 6.92 Å². The van der Waals surface area contributed by atoms with Crippen LogP contribution in [0.5, 0.6) is 0 Å². The molecule has 2 rings (SSSR count). The summed E-state index contributed by atoms with van der Waals surface area (Å²) in [4.78, 5) is 13.8. The first-order chi connectivity index (χ1) is 7.63. The van der Waals surface area contributed by atoms with Gasteiger partial charge in [-0.2, -0.15) is 5.26 Å². The quantitative estimate of drug-likeness (QED) is 0.710. The molecule has 1 N–H and O–H groups in total. The number of morpholine rings is 1. The molecule has 2 fully saturated rings. The van der Waals surface area contributed by atoms with Gasteiger partial charge in [0.25, 0.3) is 0 Å². The highest BCUT2D eigenvalue weighted by Gasteiger charge is 2.53. The average Bonchev–Trinajstić information content (AvgIpc) is 3.10.